The van der Waals surface area contributed by atoms with Crippen LogP contribution in [0.1, 0.15) is 71.1 Å². The third-order valence-corrected chi connectivity index (χ3v) is 6.50. The topological polar surface area (TPSA) is 122 Å². The minimum Gasteiger partial charge on any atom is -0.381 e. The molecule has 7 nitrogen and oxygen atoms in total. The highest BCUT2D eigenvalue weighted by Gasteiger charge is 2.49. The first kappa shape index (κ1) is 19.1. The minimum atomic E-state index is -1.40. The van der Waals surface area contributed by atoms with Crippen molar-refractivity contribution in [1.82, 2.24) is 10.6 Å². The van der Waals surface area contributed by atoms with E-state index in [2.05, 4.69) is 17.6 Å². The number of aliphatic hydroxyl groups is 1. The van der Waals surface area contributed by atoms with E-state index in [9.17, 15) is 19.5 Å². The molecular weight excluding hydrogens is 334 g/mol. The fourth-order valence-electron chi connectivity index (χ4n) is 4.40. The molecule has 0 radical (unpaired) electrons. The second-order valence-electron chi connectivity index (χ2n) is 8.86. The van der Waals surface area contributed by atoms with Crippen molar-refractivity contribution < 1.29 is 19.5 Å². The summed E-state index contributed by atoms with van der Waals surface area (Å²) in [6.07, 6.45) is 7.17. The van der Waals surface area contributed by atoms with Crippen molar-refractivity contribution in [3.05, 3.63) is 0 Å². The quantitative estimate of drug-likeness (QED) is 0.507. The number of hydrogen-bond acceptors (Lipinski definition) is 4. The first-order valence-electron chi connectivity index (χ1n) is 9.85. The molecule has 0 aromatic carbocycles. The van der Waals surface area contributed by atoms with E-state index >= 15 is 0 Å². The monoisotopic (exact) mass is 365 g/mol. The average molecular weight is 365 g/mol. The van der Waals surface area contributed by atoms with Crippen LogP contribution in [0.25, 0.3) is 0 Å². The second kappa shape index (κ2) is 7.18. The minimum absolute atomic E-state index is 0.0237. The van der Waals surface area contributed by atoms with Gasteiger partial charge < -0.3 is 21.5 Å². The average Bonchev–Trinajstić information content (AvgIpc) is 3.32. The lowest BCUT2D eigenvalue weighted by Gasteiger charge is -2.45. The lowest BCUT2D eigenvalue weighted by molar-refractivity contribution is -0.140. The van der Waals surface area contributed by atoms with Crippen LogP contribution in [0.5, 0.6) is 0 Å². The summed E-state index contributed by atoms with van der Waals surface area (Å²) in [5.41, 5.74) is 4.31. The number of carbonyl (C=O) groups is 3. The van der Waals surface area contributed by atoms with E-state index in [1.165, 1.54) is 0 Å². The molecule has 1 unspecified atom stereocenters. The Morgan fingerprint density at radius 2 is 1.73 bits per heavy atom. The molecule has 5 N–H and O–H groups in total. The number of amides is 3. The lowest BCUT2D eigenvalue weighted by atomic mass is 9.72. The van der Waals surface area contributed by atoms with E-state index < -0.39 is 23.6 Å². The van der Waals surface area contributed by atoms with Crippen molar-refractivity contribution in [2.24, 2.45) is 17.1 Å². The molecule has 0 bridgehead atoms. The smallest absolute Gasteiger partial charge is 0.248 e. The molecular formula is C19H31N3O4. The number of nitrogens with one attached hydrogen (secondary N) is 2. The summed E-state index contributed by atoms with van der Waals surface area (Å²) < 4.78 is 0. The predicted molar refractivity (Wildman–Crippen MR) is 95.8 cm³/mol. The van der Waals surface area contributed by atoms with Crippen LogP contribution in [-0.2, 0) is 14.4 Å². The molecule has 3 saturated carbocycles. The van der Waals surface area contributed by atoms with Gasteiger partial charge in [-0.3, -0.25) is 14.4 Å². The summed E-state index contributed by atoms with van der Waals surface area (Å²) in [6.45, 7) is 2.17. The van der Waals surface area contributed by atoms with E-state index in [0.717, 1.165) is 44.9 Å². The summed E-state index contributed by atoms with van der Waals surface area (Å²) in [5, 5.41) is 15.9. The molecule has 3 amide bonds. The molecule has 26 heavy (non-hydrogen) atoms. The van der Waals surface area contributed by atoms with Crippen molar-refractivity contribution in [2.75, 3.05) is 0 Å². The van der Waals surface area contributed by atoms with Crippen LogP contribution in [-0.4, -0.2) is 40.5 Å². The fourth-order valence-corrected chi connectivity index (χ4v) is 4.40. The molecule has 0 aromatic rings. The van der Waals surface area contributed by atoms with Crippen molar-refractivity contribution in [3.8, 4) is 0 Å². The summed E-state index contributed by atoms with van der Waals surface area (Å²) in [4.78, 5) is 36.7. The van der Waals surface area contributed by atoms with Crippen LogP contribution in [0.2, 0.25) is 0 Å². The van der Waals surface area contributed by atoms with Crippen molar-refractivity contribution in [1.29, 1.82) is 0 Å². The molecule has 7 heteroatoms. The number of hydrogen-bond donors (Lipinski definition) is 4. The van der Waals surface area contributed by atoms with Crippen molar-refractivity contribution in [2.45, 2.75) is 88.8 Å². The summed E-state index contributed by atoms with van der Waals surface area (Å²) in [7, 11) is 0. The first-order chi connectivity index (χ1) is 12.2. The molecule has 3 fully saturated rings. The Hall–Kier alpha value is -1.63. The molecule has 3 aliphatic rings. The number of primary amides is 1. The fraction of sp³-hybridized carbons (Fsp3) is 0.842. The standard InChI is InChI=1S/C19H31N3O4/c1-18(7-2-3-8-18)11-13(21-16(25)12-5-6-12)17(26)22-19(9-4-10-19)14(23)15(20)24/h12-14,23H,2-11H2,1H3,(H2,20,24)(H,21,25)(H,22,26)/t13-,14?/m0/s1. The zero-order chi connectivity index (χ0) is 18.9. The van der Waals surface area contributed by atoms with Gasteiger partial charge in [0, 0.05) is 5.92 Å². The van der Waals surface area contributed by atoms with Crippen LogP contribution >= 0.6 is 0 Å². The maximum Gasteiger partial charge on any atom is 0.248 e. The molecule has 0 saturated heterocycles. The number of carbonyl (C=O) groups excluding carboxylic acids is 3. The predicted octanol–water partition coefficient (Wildman–Crippen LogP) is 0.737. The summed E-state index contributed by atoms with van der Waals surface area (Å²) >= 11 is 0. The third-order valence-electron chi connectivity index (χ3n) is 6.50. The van der Waals surface area contributed by atoms with E-state index in [4.69, 9.17) is 5.73 Å². The van der Waals surface area contributed by atoms with Crippen molar-refractivity contribution >= 4 is 17.7 Å². The van der Waals surface area contributed by atoms with E-state index in [1.54, 1.807) is 0 Å². The number of nitrogens with two attached hydrogens (primary N) is 1. The molecule has 2 atom stereocenters. The zero-order valence-corrected chi connectivity index (χ0v) is 15.6. The number of rotatable bonds is 8. The van der Waals surface area contributed by atoms with Crippen LogP contribution in [0.4, 0.5) is 0 Å². The number of aliphatic hydroxyl groups excluding tert-OH is 1. The van der Waals surface area contributed by atoms with Crippen LogP contribution in [0, 0.1) is 11.3 Å². The molecule has 0 aromatic heterocycles. The van der Waals surface area contributed by atoms with Crippen LogP contribution in [0.15, 0.2) is 0 Å². The Balaban J connectivity index is 1.70. The lowest BCUT2D eigenvalue weighted by Crippen LogP contribution is -2.67. The molecule has 3 aliphatic carbocycles. The summed E-state index contributed by atoms with van der Waals surface area (Å²) in [6, 6.07) is -0.635. The second-order valence-corrected chi connectivity index (χ2v) is 8.86. The maximum atomic E-state index is 13.0. The van der Waals surface area contributed by atoms with E-state index in [1.807, 2.05) is 0 Å². The van der Waals surface area contributed by atoms with Gasteiger partial charge in [-0.25, -0.2) is 0 Å². The van der Waals surface area contributed by atoms with Gasteiger partial charge in [0.05, 0.1) is 5.54 Å². The normalized spacial score (nSPS) is 25.6. The Bertz CT molecular complexity index is 577. The highest BCUT2D eigenvalue weighted by Crippen LogP contribution is 2.42. The molecule has 3 rings (SSSR count). The van der Waals surface area contributed by atoms with Gasteiger partial charge in [0.2, 0.25) is 17.7 Å². The Labute approximate surface area is 154 Å². The third kappa shape index (κ3) is 4.03. The molecule has 0 heterocycles. The van der Waals surface area contributed by atoms with Gasteiger partial charge in [-0.2, -0.15) is 0 Å². The Morgan fingerprint density at radius 3 is 2.19 bits per heavy atom. The highest BCUT2D eigenvalue weighted by atomic mass is 16.3. The molecule has 0 aliphatic heterocycles. The highest BCUT2D eigenvalue weighted by molar-refractivity contribution is 5.90. The van der Waals surface area contributed by atoms with Crippen molar-refractivity contribution in [3.63, 3.8) is 0 Å². The molecule has 0 spiro atoms. The van der Waals surface area contributed by atoms with Gasteiger partial charge in [-0.1, -0.05) is 19.8 Å². The van der Waals surface area contributed by atoms with Gasteiger partial charge in [0.25, 0.3) is 0 Å². The van der Waals surface area contributed by atoms with Gasteiger partial charge in [-0.15, -0.1) is 0 Å². The van der Waals surface area contributed by atoms with Gasteiger partial charge >= 0.3 is 0 Å². The molecule has 146 valence electrons. The SMILES string of the molecule is CC1(C[C@H](NC(=O)C2CC2)C(=O)NC2(C(O)C(N)=O)CCC2)CCCC1. The Morgan fingerprint density at radius 1 is 1.12 bits per heavy atom. The Kier molecular flexibility index (Phi) is 5.28. The summed E-state index contributed by atoms with van der Waals surface area (Å²) in [5.74, 6) is -1.18. The van der Waals surface area contributed by atoms with Gasteiger partial charge in [-0.05, 0) is 56.8 Å². The van der Waals surface area contributed by atoms with Crippen LogP contribution < -0.4 is 16.4 Å². The maximum absolute atomic E-state index is 13.0. The van der Waals surface area contributed by atoms with Gasteiger partial charge in [0.1, 0.15) is 6.04 Å². The largest absolute Gasteiger partial charge is 0.381 e. The zero-order valence-electron chi connectivity index (χ0n) is 15.6. The van der Waals surface area contributed by atoms with E-state index in [-0.39, 0.29) is 23.1 Å². The van der Waals surface area contributed by atoms with Crippen LogP contribution in [0.3, 0.4) is 0 Å². The first-order valence-corrected chi connectivity index (χ1v) is 9.85. The van der Waals surface area contributed by atoms with E-state index in [0.29, 0.717) is 19.3 Å². The van der Waals surface area contributed by atoms with Gasteiger partial charge in [0.15, 0.2) is 6.10 Å².